The third-order valence-corrected chi connectivity index (χ3v) is 7.70. The number of hydrogen-bond acceptors (Lipinski definition) is 4. The number of benzene rings is 2. The molecule has 1 aliphatic carbocycles. The highest BCUT2D eigenvalue weighted by Crippen LogP contribution is 2.56. The molecule has 8 heteroatoms. The lowest BCUT2D eigenvalue weighted by atomic mass is 9.91. The fraction of sp³-hybridized carbons (Fsp3) is 0.458. The van der Waals surface area contributed by atoms with E-state index in [-0.39, 0.29) is 23.6 Å². The van der Waals surface area contributed by atoms with Gasteiger partial charge in [-0.2, -0.15) is 0 Å². The maximum atomic E-state index is 15.6. The van der Waals surface area contributed by atoms with Crippen LogP contribution in [-0.2, 0) is 26.0 Å². The minimum Gasteiger partial charge on any atom is -0.368 e. The van der Waals surface area contributed by atoms with Gasteiger partial charge in [0.25, 0.3) is 5.91 Å². The molecule has 1 saturated carbocycles. The van der Waals surface area contributed by atoms with Crippen LogP contribution in [0, 0.1) is 11.2 Å². The first kappa shape index (κ1) is 21.6. The SMILES string of the molecule is CS(=O)(=O)N[C@@H]1[C@H](Cc2cccc(-c3ccccc3)c2F)N(C(=O)[C@H]2CCO2)CC12CC2. The Labute approximate surface area is 187 Å². The van der Waals surface area contributed by atoms with E-state index in [1.54, 1.807) is 17.0 Å². The normalized spacial score (nSPS) is 26.2. The highest BCUT2D eigenvalue weighted by atomic mass is 32.2. The summed E-state index contributed by atoms with van der Waals surface area (Å²) in [5.74, 6) is -0.453. The number of halogens is 1. The molecule has 32 heavy (non-hydrogen) atoms. The molecule has 1 N–H and O–H groups in total. The lowest BCUT2D eigenvalue weighted by molar-refractivity contribution is -0.157. The summed E-state index contributed by atoms with van der Waals surface area (Å²) in [6, 6.07) is 13.7. The van der Waals surface area contributed by atoms with E-state index >= 15 is 4.39 Å². The molecule has 1 amide bonds. The number of carbonyl (C=O) groups is 1. The number of amides is 1. The van der Waals surface area contributed by atoms with Crippen molar-refractivity contribution in [3.05, 3.63) is 59.9 Å². The van der Waals surface area contributed by atoms with E-state index in [0.717, 1.165) is 24.7 Å². The van der Waals surface area contributed by atoms with Gasteiger partial charge in [-0.25, -0.2) is 17.5 Å². The molecule has 170 valence electrons. The quantitative estimate of drug-likeness (QED) is 0.722. The van der Waals surface area contributed by atoms with Gasteiger partial charge >= 0.3 is 0 Å². The Kier molecular flexibility index (Phi) is 5.34. The van der Waals surface area contributed by atoms with Gasteiger partial charge in [0.1, 0.15) is 11.9 Å². The first-order chi connectivity index (χ1) is 15.3. The summed E-state index contributed by atoms with van der Waals surface area (Å²) in [6.07, 6.45) is 3.25. The Morgan fingerprint density at radius 2 is 1.91 bits per heavy atom. The van der Waals surface area contributed by atoms with E-state index < -0.39 is 28.2 Å². The molecule has 0 unspecified atom stereocenters. The molecule has 1 spiro atoms. The topological polar surface area (TPSA) is 75.7 Å². The second-order valence-electron chi connectivity index (χ2n) is 9.26. The molecular weight excluding hydrogens is 431 g/mol. The third kappa shape index (κ3) is 3.95. The van der Waals surface area contributed by atoms with Crippen LogP contribution in [0.25, 0.3) is 11.1 Å². The molecule has 0 bridgehead atoms. The zero-order valence-corrected chi connectivity index (χ0v) is 18.8. The number of nitrogens with one attached hydrogen (secondary N) is 1. The largest absolute Gasteiger partial charge is 0.368 e. The molecule has 3 atom stereocenters. The molecular formula is C24H27FN2O4S. The van der Waals surface area contributed by atoms with Crippen LogP contribution >= 0.6 is 0 Å². The van der Waals surface area contributed by atoms with Gasteiger partial charge in [0.2, 0.25) is 10.0 Å². The van der Waals surface area contributed by atoms with Crippen molar-refractivity contribution in [2.45, 2.75) is 43.9 Å². The van der Waals surface area contributed by atoms with Crippen molar-refractivity contribution in [1.29, 1.82) is 0 Å². The molecule has 2 saturated heterocycles. The van der Waals surface area contributed by atoms with Crippen molar-refractivity contribution < 1.29 is 22.3 Å². The minimum atomic E-state index is -3.50. The molecule has 2 aromatic carbocycles. The Bertz CT molecular complexity index is 1130. The van der Waals surface area contributed by atoms with Crippen LogP contribution in [0.1, 0.15) is 24.8 Å². The number of hydrogen-bond donors (Lipinski definition) is 1. The summed E-state index contributed by atoms with van der Waals surface area (Å²) in [5, 5.41) is 0. The first-order valence-corrected chi connectivity index (χ1v) is 12.9. The average Bonchev–Trinajstić information content (AvgIpc) is 3.43. The molecule has 5 rings (SSSR count). The fourth-order valence-electron chi connectivity index (χ4n) is 5.09. The summed E-state index contributed by atoms with van der Waals surface area (Å²) in [4.78, 5) is 14.9. The van der Waals surface area contributed by atoms with Crippen LogP contribution < -0.4 is 4.72 Å². The third-order valence-electron chi connectivity index (χ3n) is 7.01. The van der Waals surface area contributed by atoms with Crippen molar-refractivity contribution >= 4 is 15.9 Å². The van der Waals surface area contributed by atoms with Crippen molar-refractivity contribution in [2.75, 3.05) is 19.4 Å². The maximum absolute atomic E-state index is 15.6. The molecule has 6 nitrogen and oxygen atoms in total. The number of likely N-dealkylation sites (tertiary alicyclic amines) is 1. The van der Waals surface area contributed by atoms with Crippen LogP contribution in [0.15, 0.2) is 48.5 Å². The number of sulfonamides is 1. The van der Waals surface area contributed by atoms with Gasteiger partial charge in [-0.15, -0.1) is 0 Å². The van der Waals surface area contributed by atoms with Gasteiger partial charge in [-0.3, -0.25) is 4.79 Å². The van der Waals surface area contributed by atoms with Crippen molar-refractivity contribution in [3.63, 3.8) is 0 Å². The van der Waals surface area contributed by atoms with Crippen molar-refractivity contribution in [1.82, 2.24) is 9.62 Å². The number of ether oxygens (including phenoxy) is 1. The predicted octanol–water partition coefficient (Wildman–Crippen LogP) is 2.73. The number of carbonyl (C=O) groups excluding carboxylic acids is 1. The number of rotatable bonds is 6. The summed E-state index contributed by atoms with van der Waals surface area (Å²) >= 11 is 0. The van der Waals surface area contributed by atoms with E-state index in [2.05, 4.69) is 4.72 Å². The van der Waals surface area contributed by atoms with Gasteiger partial charge in [0.05, 0.1) is 18.9 Å². The standard InChI is InChI=1S/C24H27FN2O4S/c1-32(29,30)26-22-19(27(15-24(22)11-12-24)23(28)20-10-13-31-20)14-17-8-5-9-18(21(17)25)16-6-3-2-4-7-16/h2-9,19-20,22,26H,10-15H2,1H3/t19-,20+,22+/m0/s1. The van der Waals surface area contributed by atoms with E-state index in [1.807, 2.05) is 36.4 Å². The van der Waals surface area contributed by atoms with E-state index in [1.165, 1.54) is 0 Å². The van der Waals surface area contributed by atoms with Gasteiger partial charge in [0, 0.05) is 30.0 Å². The highest BCUT2D eigenvalue weighted by molar-refractivity contribution is 7.88. The molecule has 0 aromatic heterocycles. The molecule has 2 aromatic rings. The first-order valence-electron chi connectivity index (χ1n) is 11.0. The van der Waals surface area contributed by atoms with Crippen LogP contribution in [-0.4, -0.2) is 56.8 Å². The molecule has 3 aliphatic rings. The van der Waals surface area contributed by atoms with Gasteiger partial charge in [0.15, 0.2) is 0 Å². The van der Waals surface area contributed by atoms with Crippen LogP contribution in [0.2, 0.25) is 0 Å². The summed E-state index contributed by atoms with van der Waals surface area (Å²) < 4.78 is 48.1. The van der Waals surface area contributed by atoms with E-state index in [9.17, 15) is 13.2 Å². The lowest BCUT2D eigenvalue weighted by Gasteiger charge is -2.34. The van der Waals surface area contributed by atoms with E-state index in [4.69, 9.17) is 4.74 Å². The zero-order chi connectivity index (χ0) is 22.5. The summed E-state index contributed by atoms with van der Waals surface area (Å²) in [7, 11) is -3.50. The van der Waals surface area contributed by atoms with Crippen LogP contribution in [0.3, 0.4) is 0 Å². The average molecular weight is 459 g/mol. The highest BCUT2D eigenvalue weighted by Gasteiger charge is 2.61. The van der Waals surface area contributed by atoms with Crippen LogP contribution in [0.5, 0.6) is 0 Å². The van der Waals surface area contributed by atoms with Crippen molar-refractivity contribution in [3.8, 4) is 11.1 Å². The summed E-state index contributed by atoms with van der Waals surface area (Å²) in [6.45, 7) is 1.03. The predicted molar refractivity (Wildman–Crippen MR) is 119 cm³/mol. The molecule has 3 fully saturated rings. The lowest BCUT2D eigenvalue weighted by Crippen LogP contribution is -2.53. The Hall–Kier alpha value is -2.29. The van der Waals surface area contributed by atoms with Gasteiger partial charge < -0.3 is 9.64 Å². The van der Waals surface area contributed by atoms with Gasteiger partial charge in [-0.05, 0) is 30.4 Å². The van der Waals surface area contributed by atoms with Crippen LogP contribution in [0.4, 0.5) is 4.39 Å². The smallest absolute Gasteiger partial charge is 0.252 e. The number of nitrogens with zero attached hydrogens (tertiary/aromatic N) is 1. The second-order valence-corrected chi connectivity index (χ2v) is 11.0. The zero-order valence-electron chi connectivity index (χ0n) is 18.0. The molecule has 2 aliphatic heterocycles. The molecule has 0 radical (unpaired) electrons. The van der Waals surface area contributed by atoms with Gasteiger partial charge in [-0.1, -0.05) is 48.5 Å². The maximum Gasteiger partial charge on any atom is 0.252 e. The van der Waals surface area contributed by atoms with E-state index in [0.29, 0.717) is 30.7 Å². The Balaban J connectivity index is 1.50. The summed E-state index contributed by atoms with van der Waals surface area (Å²) in [5.41, 5.74) is 1.47. The minimum absolute atomic E-state index is 0.120. The second kappa shape index (κ2) is 7.93. The van der Waals surface area contributed by atoms with Crippen molar-refractivity contribution in [2.24, 2.45) is 5.41 Å². The Morgan fingerprint density at radius 1 is 1.19 bits per heavy atom. The Morgan fingerprint density at radius 3 is 2.50 bits per heavy atom. The fourth-order valence-corrected chi connectivity index (χ4v) is 5.96. The monoisotopic (exact) mass is 458 g/mol. The molecule has 2 heterocycles.